The number of halogens is 1. The average molecular weight is 340 g/mol. The molecule has 0 radical (unpaired) electrons. The minimum Gasteiger partial charge on any atom is -0.496 e. The molecule has 1 aliphatic rings. The first kappa shape index (κ1) is 17.6. The highest BCUT2D eigenvalue weighted by molar-refractivity contribution is 6.34. The van der Waals surface area contributed by atoms with Crippen molar-refractivity contribution in [3.63, 3.8) is 0 Å². The van der Waals surface area contributed by atoms with E-state index in [9.17, 15) is 9.59 Å². The van der Waals surface area contributed by atoms with E-state index in [1.165, 1.54) is 19.6 Å². The fourth-order valence-electron chi connectivity index (χ4n) is 2.79. The van der Waals surface area contributed by atoms with E-state index in [1.54, 1.807) is 13.0 Å². The Morgan fingerprint density at radius 1 is 1.26 bits per heavy atom. The van der Waals surface area contributed by atoms with Gasteiger partial charge in [0.15, 0.2) is 0 Å². The molecule has 0 atom stereocenters. The molecule has 0 saturated heterocycles. The molecule has 0 spiro atoms. The second-order valence-electron chi connectivity index (χ2n) is 5.58. The Hall–Kier alpha value is -1.75. The van der Waals surface area contributed by atoms with E-state index in [0.29, 0.717) is 11.4 Å². The smallest absolute Gasteiger partial charge is 0.341 e. The molecule has 0 unspecified atom stereocenters. The number of hydrogen-bond donors (Lipinski definition) is 1. The van der Waals surface area contributed by atoms with Crippen molar-refractivity contribution in [1.82, 2.24) is 0 Å². The standard InChI is InChI=1S/C17H22ClNO4/c1-3-23-17(21)12-9-13(18)14(10-15(12)22-2)19-16(20)11-7-5-4-6-8-11/h9-11H,3-8H2,1-2H3,(H,19,20). The molecule has 0 aliphatic heterocycles. The Balaban J connectivity index is 2.19. The number of benzene rings is 1. The maximum atomic E-state index is 12.3. The molecule has 1 fully saturated rings. The van der Waals surface area contributed by atoms with E-state index in [1.807, 2.05) is 0 Å². The number of carbonyl (C=O) groups is 2. The van der Waals surface area contributed by atoms with Crippen LogP contribution in [0, 0.1) is 5.92 Å². The molecular formula is C17H22ClNO4. The van der Waals surface area contributed by atoms with Gasteiger partial charge >= 0.3 is 5.97 Å². The van der Waals surface area contributed by atoms with Crippen LogP contribution in [0.4, 0.5) is 5.69 Å². The summed E-state index contributed by atoms with van der Waals surface area (Å²) in [5.41, 5.74) is 0.696. The molecule has 1 aliphatic carbocycles. The van der Waals surface area contributed by atoms with Crippen LogP contribution < -0.4 is 10.1 Å². The van der Waals surface area contributed by atoms with Crippen molar-refractivity contribution in [2.75, 3.05) is 19.0 Å². The van der Waals surface area contributed by atoms with Gasteiger partial charge in [-0.1, -0.05) is 30.9 Å². The number of anilines is 1. The molecule has 126 valence electrons. The Bertz CT molecular complexity index is 582. The summed E-state index contributed by atoms with van der Waals surface area (Å²) in [6, 6.07) is 3.03. The summed E-state index contributed by atoms with van der Waals surface area (Å²) in [4.78, 5) is 24.2. The summed E-state index contributed by atoms with van der Waals surface area (Å²) in [5, 5.41) is 3.14. The van der Waals surface area contributed by atoms with Crippen LogP contribution in [0.25, 0.3) is 0 Å². The molecule has 1 aromatic carbocycles. The Kier molecular flexibility index (Phi) is 6.28. The summed E-state index contributed by atoms with van der Waals surface area (Å²) >= 11 is 6.21. The number of methoxy groups -OCH3 is 1. The fourth-order valence-corrected chi connectivity index (χ4v) is 3.00. The lowest BCUT2D eigenvalue weighted by molar-refractivity contribution is -0.120. The molecule has 1 amide bonds. The molecule has 1 N–H and O–H groups in total. The molecule has 0 aromatic heterocycles. The van der Waals surface area contributed by atoms with E-state index in [-0.39, 0.29) is 29.0 Å². The van der Waals surface area contributed by atoms with Crippen molar-refractivity contribution in [3.8, 4) is 5.75 Å². The second kappa shape index (κ2) is 8.20. The van der Waals surface area contributed by atoms with Crippen LogP contribution in [0.15, 0.2) is 12.1 Å². The summed E-state index contributed by atoms with van der Waals surface area (Å²) in [5.74, 6) is -0.184. The fraction of sp³-hybridized carbons (Fsp3) is 0.529. The van der Waals surface area contributed by atoms with Crippen LogP contribution in [-0.2, 0) is 9.53 Å². The van der Waals surface area contributed by atoms with Crippen LogP contribution in [0.3, 0.4) is 0 Å². The molecule has 6 heteroatoms. The molecule has 0 heterocycles. The monoisotopic (exact) mass is 339 g/mol. The number of nitrogens with one attached hydrogen (secondary N) is 1. The molecule has 2 rings (SSSR count). The van der Waals surface area contributed by atoms with E-state index < -0.39 is 5.97 Å². The average Bonchev–Trinajstić information content (AvgIpc) is 2.57. The van der Waals surface area contributed by atoms with E-state index in [4.69, 9.17) is 21.1 Å². The number of rotatable bonds is 5. The van der Waals surface area contributed by atoms with Crippen molar-refractivity contribution < 1.29 is 19.1 Å². The maximum Gasteiger partial charge on any atom is 0.341 e. The number of ether oxygens (including phenoxy) is 2. The van der Waals surface area contributed by atoms with Gasteiger partial charge in [-0.3, -0.25) is 4.79 Å². The molecule has 1 aromatic rings. The maximum absolute atomic E-state index is 12.3. The molecule has 1 saturated carbocycles. The number of carbonyl (C=O) groups excluding carboxylic acids is 2. The highest BCUT2D eigenvalue weighted by atomic mass is 35.5. The SMILES string of the molecule is CCOC(=O)c1cc(Cl)c(NC(=O)C2CCCCC2)cc1OC. The van der Waals surface area contributed by atoms with Crippen molar-refractivity contribution in [2.45, 2.75) is 39.0 Å². The quantitative estimate of drug-likeness (QED) is 0.822. The number of amides is 1. The third-order valence-corrected chi connectivity index (χ3v) is 4.33. The Morgan fingerprint density at radius 3 is 2.57 bits per heavy atom. The summed E-state index contributed by atoms with van der Waals surface area (Å²) < 4.78 is 10.2. The van der Waals surface area contributed by atoms with Crippen LogP contribution in [0.1, 0.15) is 49.4 Å². The van der Waals surface area contributed by atoms with Gasteiger partial charge in [-0.15, -0.1) is 0 Å². The van der Waals surface area contributed by atoms with Gasteiger partial charge in [-0.05, 0) is 25.8 Å². The van der Waals surface area contributed by atoms with Crippen LogP contribution >= 0.6 is 11.6 Å². The predicted molar refractivity (Wildman–Crippen MR) is 89.2 cm³/mol. The van der Waals surface area contributed by atoms with Gasteiger partial charge < -0.3 is 14.8 Å². The topological polar surface area (TPSA) is 64.6 Å². The van der Waals surface area contributed by atoms with E-state index in [0.717, 1.165) is 25.7 Å². The van der Waals surface area contributed by atoms with Crippen LogP contribution in [0.5, 0.6) is 5.75 Å². The van der Waals surface area contributed by atoms with Gasteiger partial charge in [0.25, 0.3) is 0 Å². The highest BCUT2D eigenvalue weighted by Crippen LogP contribution is 2.33. The van der Waals surface area contributed by atoms with Crippen molar-refractivity contribution in [3.05, 3.63) is 22.7 Å². The van der Waals surface area contributed by atoms with E-state index in [2.05, 4.69) is 5.32 Å². The predicted octanol–water partition coefficient (Wildman–Crippen LogP) is 4.04. The van der Waals surface area contributed by atoms with Gasteiger partial charge in [-0.25, -0.2) is 4.79 Å². The molecule has 5 nitrogen and oxygen atoms in total. The zero-order valence-corrected chi connectivity index (χ0v) is 14.2. The van der Waals surface area contributed by atoms with E-state index >= 15 is 0 Å². The first-order valence-corrected chi connectivity index (χ1v) is 8.30. The second-order valence-corrected chi connectivity index (χ2v) is 5.98. The first-order chi connectivity index (χ1) is 11.1. The van der Waals surface area contributed by atoms with Gasteiger partial charge in [-0.2, -0.15) is 0 Å². The first-order valence-electron chi connectivity index (χ1n) is 7.92. The minimum absolute atomic E-state index is 0.0237. The van der Waals surface area contributed by atoms with Gasteiger partial charge in [0.2, 0.25) is 5.91 Å². The van der Waals surface area contributed by atoms with Crippen LogP contribution in [0.2, 0.25) is 5.02 Å². The third-order valence-electron chi connectivity index (χ3n) is 4.02. The lowest BCUT2D eigenvalue weighted by atomic mass is 9.88. The lowest BCUT2D eigenvalue weighted by Crippen LogP contribution is -2.25. The van der Waals surface area contributed by atoms with Crippen molar-refractivity contribution >= 4 is 29.2 Å². The summed E-state index contributed by atoms with van der Waals surface area (Å²) in [7, 11) is 1.46. The van der Waals surface area contributed by atoms with Crippen LogP contribution in [-0.4, -0.2) is 25.6 Å². The number of hydrogen-bond acceptors (Lipinski definition) is 4. The molecule has 23 heavy (non-hydrogen) atoms. The minimum atomic E-state index is -0.503. The third kappa shape index (κ3) is 4.38. The Labute approximate surface area is 141 Å². The van der Waals surface area contributed by atoms with Crippen molar-refractivity contribution in [2.24, 2.45) is 5.92 Å². The summed E-state index contributed by atoms with van der Waals surface area (Å²) in [6.07, 6.45) is 5.16. The normalized spacial score (nSPS) is 15.1. The number of esters is 1. The molecular weight excluding hydrogens is 318 g/mol. The van der Waals surface area contributed by atoms with Gasteiger partial charge in [0.05, 0.1) is 24.4 Å². The Morgan fingerprint density at radius 2 is 1.96 bits per heavy atom. The van der Waals surface area contributed by atoms with Gasteiger partial charge in [0, 0.05) is 12.0 Å². The largest absolute Gasteiger partial charge is 0.496 e. The zero-order chi connectivity index (χ0) is 16.8. The molecule has 0 bridgehead atoms. The zero-order valence-electron chi connectivity index (χ0n) is 13.5. The highest BCUT2D eigenvalue weighted by Gasteiger charge is 2.23. The summed E-state index contributed by atoms with van der Waals surface area (Å²) in [6.45, 7) is 1.99. The van der Waals surface area contributed by atoms with Crippen molar-refractivity contribution in [1.29, 1.82) is 0 Å². The lowest BCUT2D eigenvalue weighted by Gasteiger charge is -2.21. The van der Waals surface area contributed by atoms with Gasteiger partial charge in [0.1, 0.15) is 11.3 Å².